The van der Waals surface area contributed by atoms with Crippen molar-refractivity contribution in [3.05, 3.63) is 48.6 Å². The standard InChI is InChI=1S/C10H10O.Fe/c1-2-6-9(5-1)11-10-7-3-4-8-10;/h1-10H;. The first-order valence-corrected chi connectivity index (χ1v) is 3.80. The predicted molar refractivity (Wildman–Crippen MR) is 45.2 cm³/mol. The maximum Gasteiger partial charge on any atom is 0.0956 e. The zero-order valence-corrected chi connectivity index (χ0v) is 7.64. The van der Waals surface area contributed by atoms with Gasteiger partial charge in [-0.05, 0) is 0 Å². The van der Waals surface area contributed by atoms with Gasteiger partial charge in [0.2, 0.25) is 0 Å². The van der Waals surface area contributed by atoms with Gasteiger partial charge < -0.3 is 4.74 Å². The molecule has 0 heterocycles. The Morgan fingerprint density at radius 1 is 0.667 bits per heavy atom. The number of allylic oxidation sites excluding steroid dienone is 4. The van der Waals surface area contributed by atoms with E-state index >= 15 is 0 Å². The predicted octanol–water partition coefficient (Wildman–Crippen LogP) is 1.99. The van der Waals surface area contributed by atoms with Crippen LogP contribution in [0.3, 0.4) is 0 Å². The first kappa shape index (κ1) is 9.53. The number of hydrogen-bond donors (Lipinski definition) is 0. The zero-order valence-electron chi connectivity index (χ0n) is 6.54. The molecule has 0 spiro atoms. The molecule has 0 aromatic heterocycles. The van der Waals surface area contributed by atoms with Gasteiger partial charge in [-0.25, -0.2) is 0 Å². The summed E-state index contributed by atoms with van der Waals surface area (Å²) in [5, 5.41) is 0. The minimum absolute atomic E-state index is 0. The van der Waals surface area contributed by atoms with Crippen LogP contribution in [0.4, 0.5) is 0 Å². The summed E-state index contributed by atoms with van der Waals surface area (Å²) < 4.78 is 5.62. The fourth-order valence-electron chi connectivity index (χ4n) is 1.19. The molecule has 0 unspecified atom stereocenters. The SMILES string of the molecule is C1=CC(OC2C=CC=C2)C=C1.[Fe]. The van der Waals surface area contributed by atoms with E-state index in [4.69, 9.17) is 4.74 Å². The third-order valence-corrected chi connectivity index (χ3v) is 1.74. The van der Waals surface area contributed by atoms with Gasteiger partial charge in [-0.15, -0.1) is 0 Å². The van der Waals surface area contributed by atoms with E-state index in [1.165, 1.54) is 0 Å². The Balaban J connectivity index is 0.000000720. The van der Waals surface area contributed by atoms with Crippen LogP contribution in [0, 0.1) is 0 Å². The van der Waals surface area contributed by atoms with Gasteiger partial charge in [-0.2, -0.15) is 0 Å². The van der Waals surface area contributed by atoms with Crippen LogP contribution >= 0.6 is 0 Å². The fourth-order valence-corrected chi connectivity index (χ4v) is 1.19. The van der Waals surface area contributed by atoms with Gasteiger partial charge >= 0.3 is 0 Å². The van der Waals surface area contributed by atoms with Crippen molar-refractivity contribution >= 4 is 0 Å². The molecule has 0 aromatic carbocycles. The number of rotatable bonds is 2. The van der Waals surface area contributed by atoms with E-state index in [0.29, 0.717) is 0 Å². The van der Waals surface area contributed by atoms with Gasteiger partial charge in [0.15, 0.2) is 0 Å². The molecule has 2 aliphatic rings. The van der Waals surface area contributed by atoms with Gasteiger partial charge in [-0.3, -0.25) is 0 Å². The van der Waals surface area contributed by atoms with E-state index in [2.05, 4.69) is 0 Å². The second kappa shape index (κ2) is 4.46. The van der Waals surface area contributed by atoms with Crippen LogP contribution in [0.25, 0.3) is 0 Å². The molecular formula is C10H10FeO. The average molecular weight is 202 g/mol. The van der Waals surface area contributed by atoms with Crippen LogP contribution in [-0.2, 0) is 21.8 Å². The maximum absolute atomic E-state index is 5.62. The van der Waals surface area contributed by atoms with Crippen molar-refractivity contribution in [3.8, 4) is 0 Å². The van der Waals surface area contributed by atoms with Crippen LogP contribution in [0.1, 0.15) is 0 Å². The molecule has 0 bridgehead atoms. The van der Waals surface area contributed by atoms with Gasteiger partial charge in [0.25, 0.3) is 0 Å². The van der Waals surface area contributed by atoms with Crippen molar-refractivity contribution < 1.29 is 21.8 Å². The Kier molecular flexibility index (Phi) is 3.54. The molecule has 0 saturated carbocycles. The molecule has 0 radical (unpaired) electrons. The number of ether oxygens (including phenoxy) is 1. The maximum atomic E-state index is 5.62. The second-order valence-electron chi connectivity index (χ2n) is 2.60. The van der Waals surface area contributed by atoms with Crippen LogP contribution < -0.4 is 0 Å². The third kappa shape index (κ3) is 2.21. The molecule has 2 rings (SSSR count). The summed E-state index contributed by atoms with van der Waals surface area (Å²) in [7, 11) is 0. The Morgan fingerprint density at radius 3 is 1.33 bits per heavy atom. The molecule has 0 saturated heterocycles. The summed E-state index contributed by atoms with van der Waals surface area (Å²) in [6, 6.07) is 0. The molecule has 2 aliphatic carbocycles. The topological polar surface area (TPSA) is 9.23 Å². The molecule has 0 amide bonds. The second-order valence-corrected chi connectivity index (χ2v) is 2.60. The molecule has 12 heavy (non-hydrogen) atoms. The number of hydrogen-bond acceptors (Lipinski definition) is 1. The Bertz CT molecular complexity index is 201. The minimum atomic E-state index is 0. The Hall–Kier alpha value is -0.561. The van der Waals surface area contributed by atoms with E-state index in [-0.39, 0.29) is 29.3 Å². The van der Waals surface area contributed by atoms with Crippen molar-refractivity contribution in [2.75, 3.05) is 0 Å². The molecule has 0 atom stereocenters. The first-order chi connectivity index (χ1) is 5.45. The smallest absolute Gasteiger partial charge is 0.0956 e. The summed E-state index contributed by atoms with van der Waals surface area (Å²) in [5.74, 6) is 0. The van der Waals surface area contributed by atoms with Gasteiger partial charge in [0.05, 0.1) is 12.2 Å². The van der Waals surface area contributed by atoms with E-state index in [0.717, 1.165) is 0 Å². The van der Waals surface area contributed by atoms with E-state index < -0.39 is 0 Å². The molecular weight excluding hydrogens is 192 g/mol. The van der Waals surface area contributed by atoms with Crippen molar-refractivity contribution in [3.63, 3.8) is 0 Å². The molecule has 0 aromatic rings. The van der Waals surface area contributed by atoms with E-state index in [1.54, 1.807) is 0 Å². The molecule has 2 heteroatoms. The van der Waals surface area contributed by atoms with Crippen LogP contribution in [-0.4, -0.2) is 12.2 Å². The summed E-state index contributed by atoms with van der Waals surface area (Å²) in [6.45, 7) is 0. The normalized spacial score (nSPS) is 20.7. The molecule has 1 nitrogen and oxygen atoms in total. The summed E-state index contributed by atoms with van der Waals surface area (Å²) >= 11 is 0. The van der Waals surface area contributed by atoms with Crippen LogP contribution in [0.2, 0.25) is 0 Å². The Morgan fingerprint density at radius 2 is 1.00 bits per heavy atom. The third-order valence-electron chi connectivity index (χ3n) is 1.74. The van der Waals surface area contributed by atoms with Crippen molar-refractivity contribution in [1.82, 2.24) is 0 Å². The molecule has 0 aliphatic heterocycles. The quantitative estimate of drug-likeness (QED) is 0.622. The zero-order chi connectivity index (χ0) is 7.52. The van der Waals surface area contributed by atoms with Crippen molar-refractivity contribution in [2.24, 2.45) is 0 Å². The van der Waals surface area contributed by atoms with Crippen molar-refractivity contribution in [2.45, 2.75) is 12.2 Å². The largest absolute Gasteiger partial charge is 0.359 e. The minimum Gasteiger partial charge on any atom is -0.359 e. The van der Waals surface area contributed by atoms with Crippen molar-refractivity contribution in [1.29, 1.82) is 0 Å². The van der Waals surface area contributed by atoms with E-state index in [1.807, 2.05) is 48.6 Å². The summed E-state index contributed by atoms with van der Waals surface area (Å²) in [4.78, 5) is 0. The van der Waals surface area contributed by atoms with Gasteiger partial charge in [-0.1, -0.05) is 48.6 Å². The summed E-state index contributed by atoms with van der Waals surface area (Å²) in [5.41, 5.74) is 0. The molecule has 0 fully saturated rings. The Labute approximate surface area is 83.0 Å². The van der Waals surface area contributed by atoms with Crippen LogP contribution in [0.5, 0.6) is 0 Å². The molecule has 64 valence electrons. The van der Waals surface area contributed by atoms with Gasteiger partial charge in [0.1, 0.15) is 0 Å². The summed E-state index contributed by atoms with van der Waals surface area (Å²) in [6.07, 6.45) is 16.5. The van der Waals surface area contributed by atoms with E-state index in [9.17, 15) is 0 Å². The first-order valence-electron chi connectivity index (χ1n) is 3.80. The van der Waals surface area contributed by atoms with Gasteiger partial charge in [0, 0.05) is 17.1 Å². The fraction of sp³-hybridized carbons (Fsp3) is 0.200. The monoisotopic (exact) mass is 202 g/mol. The average Bonchev–Trinajstić information content (AvgIpc) is 2.60. The molecule has 0 N–H and O–H groups in total. The van der Waals surface area contributed by atoms with Crippen LogP contribution in [0.15, 0.2) is 48.6 Å².